The molecule has 0 aliphatic heterocycles. The van der Waals surface area contributed by atoms with Gasteiger partial charge in [0.25, 0.3) is 0 Å². The molecule has 0 spiro atoms. The zero-order valence-corrected chi connectivity index (χ0v) is 12.1. The predicted octanol–water partition coefficient (Wildman–Crippen LogP) is 2.74. The van der Waals surface area contributed by atoms with Crippen molar-refractivity contribution in [1.29, 1.82) is 5.41 Å². The summed E-state index contributed by atoms with van der Waals surface area (Å²) in [5, 5.41) is 17.1. The number of nitrogens with two attached hydrogens (primary N) is 1. The average Bonchev–Trinajstić information content (AvgIpc) is 2.19. The molecule has 0 heterocycles. The SMILES string of the molecule is CC1C=C(C(=N)N)C(C2CCC2)=CC1(C)C(=O)O.Cl. The Morgan fingerprint density at radius 1 is 1.53 bits per heavy atom. The summed E-state index contributed by atoms with van der Waals surface area (Å²) in [6, 6.07) is 0. The van der Waals surface area contributed by atoms with Gasteiger partial charge in [0.1, 0.15) is 5.84 Å². The number of carboxylic acid groups (broad SMARTS) is 1. The van der Waals surface area contributed by atoms with Gasteiger partial charge in [-0.05, 0) is 37.2 Å². The number of amidine groups is 1. The van der Waals surface area contributed by atoms with Gasteiger partial charge in [0, 0.05) is 5.57 Å². The summed E-state index contributed by atoms with van der Waals surface area (Å²) in [6.45, 7) is 3.61. The van der Waals surface area contributed by atoms with Crippen LogP contribution < -0.4 is 5.73 Å². The fourth-order valence-corrected chi connectivity index (χ4v) is 2.61. The normalized spacial score (nSPS) is 30.5. The maximum atomic E-state index is 11.5. The van der Waals surface area contributed by atoms with Crippen molar-refractivity contribution in [3.63, 3.8) is 0 Å². The lowest BCUT2D eigenvalue weighted by Gasteiger charge is -2.38. The predicted molar refractivity (Wildman–Crippen MR) is 77.6 cm³/mol. The van der Waals surface area contributed by atoms with Crippen LogP contribution in [-0.4, -0.2) is 16.9 Å². The lowest BCUT2D eigenvalue weighted by atomic mass is 9.66. The standard InChI is InChI=1S/C14H20N2O2.ClH/c1-8-6-10(12(15)16)11(9-4-3-5-9)7-14(8,2)13(17)18;/h6-9H,3-5H2,1-2H3,(H3,15,16)(H,17,18);1H. The van der Waals surface area contributed by atoms with Gasteiger partial charge in [-0.1, -0.05) is 25.5 Å². The molecule has 0 saturated heterocycles. The van der Waals surface area contributed by atoms with Crippen molar-refractivity contribution in [2.24, 2.45) is 23.0 Å². The molecule has 4 N–H and O–H groups in total. The first-order valence-electron chi connectivity index (χ1n) is 6.39. The van der Waals surface area contributed by atoms with E-state index in [0.717, 1.165) is 24.0 Å². The molecule has 2 aliphatic carbocycles. The third kappa shape index (κ3) is 2.54. The number of carboxylic acids is 1. The molecule has 0 bridgehead atoms. The van der Waals surface area contributed by atoms with Crippen LogP contribution in [0, 0.1) is 22.7 Å². The molecule has 2 rings (SSSR count). The largest absolute Gasteiger partial charge is 0.481 e. The molecule has 19 heavy (non-hydrogen) atoms. The highest BCUT2D eigenvalue weighted by Crippen LogP contribution is 2.45. The smallest absolute Gasteiger partial charge is 0.313 e. The van der Waals surface area contributed by atoms with Crippen molar-refractivity contribution in [1.82, 2.24) is 0 Å². The summed E-state index contributed by atoms with van der Waals surface area (Å²) in [7, 11) is 0. The van der Waals surface area contributed by atoms with E-state index in [2.05, 4.69) is 0 Å². The maximum Gasteiger partial charge on any atom is 0.313 e. The van der Waals surface area contributed by atoms with Crippen molar-refractivity contribution in [2.45, 2.75) is 33.1 Å². The third-order valence-corrected chi connectivity index (χ3v) is 4.42. The number of nitrogens with one attached hydrogen (secondary N) is 1. The first-order valence-corrected chi connectivity index (χ1v) is 6.39. The number of halogens is 1. The average molecular weight is 285 g/mol. The van der Waals surface area contributed by atoms with E-state index in [1.807, 2.05) is 19.1 Å². The van der Waals surface area contributed by atoms with Gasteiger partial charge in [-0.15, -0.1) is 12.4 Å². The minimum Gasteiger partial charge on any atom is -0.481 e. The van der Waals surface area contributed by atoms with Crippen molar-refractivity contribution >= 4 is 24.2 Å². The maximum absolute atomic E-state index is 11.5. The summed E-state index contributed by atoms with van der Waals surface area (Å²) in [5.74, 6) is -0.540. The number of carbonyl (C=O) groups is 1. The van der Waals surface area contributed by atoms with Gasteiger partial charge in [0.2, 0.25) is 0 Å². The second-order valence-corrected chi connectivity index (χ2v) is 5.60. The Bertz CT molecular complexity index is 466. The topological polar surface area (TPSA) is 87.2 Å². The van der Waals surface area contributed by atoms with Crippen LogP contribution in [0.15, 0.2) is 23.3 Å². The molecule has 0 aromatic heterocycles. The van der Waals surface area contributed by atoms with E-state index in [0.29, 0.717) is 5.92 Å². The highest BCUT2D eigenvalue weighted by Gasteiger charge is 2.41. The summed E-state index contributed by atoms with van der Waals surface area (Å²) < 4.78 is 0. The molecular weight excluding hydrogens is 264 g/mol. The molecule has 0 amide bonds. The Morgan fingerprint density at radius 2 is 2.11 bits per heavy atom. The summed E-state index contributed by atoms with van der Waals surface area (Å²) >= 11 is 0. The van der Waals surface area contributed by atoms with E-state index < -0.39 is 11.4 Å². The zero-order valence-electron chi connectivity index (χ0n) is 11.3. The number of hydrogen-bond acceptors (Lipinski definition) is 2. The molecule has 2 aliphatic rings. The van der Waals surface area contributed by atoms with Gasteiger partial charge in [0.05, 0.1) is 5.41 Å². The quantitative estimate of drug-likeness (QED) is 0.550. The Balaban J connectivity index is 0.00000180. The van der Waals surface area contributed by atoms with E-state index in [1.54, 1.807) is 6.92 Å². The first-order chi connectivity index (χ1) is 8.36. The summed E-state index contributed by atoms with van der Waals surface area (Å²) in [5.41, 5.74) is 6.45. The second-order valence-electron chi connectivity index (χ2n) is 5.60. The third-order valence-electron chi connectivity index (χ3n) is 4.42. The molecule has 106 valence electrons. The molecule has 4 nitrogen and oxygen atoms in total. The fraction of sp³-hybridized carbons (Fsp3) is 0.571. The highest BCUT2D eigenvalue weighted by molar-refractivity contribution is 6.00. The minimum absolute atomic E-state index is 0. The van der Waals surface area contributed by atoms with Crippen LogP contribution in [0.25, 0.3) is 0 Å². The van der Waals surface area contributed by atoms with Gasteiger partial charge in [-0.3, -0.25) is 10.2 Å². The molecule has 5 heteroatoms. The molecule has 1 fully saturated rings. The van der Waals surface area contributed by atoms with Crippen molar-refractivity contribution in [3.8, 4) is 0 Å². The minimum atomic E-state index is -0.885. The molecule has 2 atom stereocenters. The van der Waals surface area contributed by atoms with E-state index in [9.17, 15) is 9.90 Å². The summed E-state index contributed by atoms with van der Waals surface area (Å²) in [6.07, 6.45) is 7.00. The van der Waals surface area contributed by atoms with Gasteiger partial charge in [-0.25, -0.2) is 0 Å². The number of rotatable bonds is 3. The molecule has 1 saturated carbocycles. The van der Waals surface area contributed by atoms with Crippen molar-refractivity contribution < 1.29 is 9.90 Å². The van der Waals surface area contributed by atoms with E-state index >= 15 is 0 Å². The van der Waals surface area contributed by atoms with Crippen LogP contribution in [0.1, 0.15) is 33.1 Å². The van der Waals surface area contributed by atoms with Gasteiger partial charge < -0.3 is 10.8 Å². The zero-order chi connectivity index (χ0) is 13.5. The lowest BCUT2D eigenvalue weighted by molar-refractivity contribution is -0.146. The van der Waals surface area contributed by atoms with Crippen LogP contribution in [0.3, 0.4) is 0 Å². The Morgan fingerprint density at radius 3 is 2.47 bits per heavy atom. The molecular formula is C14H21ClN2O2. The lowest BCUT2D eigenvalue weighted by Crippen LogP contribution is -2.37. The number of hydrogen-bond donors (Lipinski definition) is 3. The van der Waals surface area contributed by atoms with Crippen LogP contribution in [0.5, 0.6) is 0 Å². The number of allylic oxidation sites excluding steroid dienone is 1. The molecule has 2 unspecified atom stereocenters. The molecule has 0 aromatic carbocycles. The fourth-order valence-electron chi connectivity index (χ4n) is 2.61. The van der Waals surface area contributed by atoms with Gasteiger partial charge in [-0.2, -0.15) is 0 Å². The van der Waals surface area contributed by atoms with Crippen molar-refractivity contribution in [2.75, 3.05) is 0 Å². The second kappa shape index (κ2) is 5.37. The van der Waals surface area contributed by atoms with Crippen LogP contribution in [-0.2, 0) is 4.79 Å². The van der Waals surface area contributed by atoms with Crippen molar-refractivity contribution in [3.05, 3.63) is 23.3 Å². The first kappa shape index (κ1) is 15.8. The van der Waals surface area contributed by atoms with Crippen LogP contribution >= 0.6 is 12.4 Å². The monoisotopic (exact) mass is 284 g/mol. The van der Waals surface area contributed by atoms with Gasteiger partial charge >= 0.3 is 5.97 Å². The van der Waals surface area contributed by atoms with E-state index in [-0.39, 0.29) is 24.2 Å². The molecule has 0 radical (unpaired) electrons. The van der Waals surface area contributed by atoms with Crippen LogP contribution in [0.2, 0.25) is 0 Å². The Kier molecular flexibility index (Phi) is 4.46. The summed E-state index contributed by atoms with van der Waals surface area (Å²) in [4.78, 5) is 11.5. The van der Waals surface area contributed by atoms with Crippen LogP contribution in [0.4, 0.5) is 0 Å². The van der Waals surface area contributed by atoms with Gasteiger partial charge in [0.15, 0.2) is 0 Å². The Labute approximate surface area is 119 Å². The highest BCUT2D eigenvalue weighted by atomic mass is 35.5. The molecule has 0 aromatic rings. The van der Waals surface area contributed by atoms with E-state index in [4.69, 9.17) is 11.1 Å². The Hall–Kier alpha value is -1.29. The van der Waals surface area contributed by atoms with E-state index in [1.165, 1.54) is 6.42 Å². The number of aliphatic carboxylic acids is 1.